The highest BCUT2D eigenvalue weighted by Gasteiger charge is 2.24. The molecule has 0 amide bonds. The Morgan fingerprint density at radius 2 is 1.81 bits per heavy atom. The largest absolute Gasteiger partial charge is 0.315 e. The number of hydrogen-bond donors (Lipinski definition) is 2. The Balaban J connectivity index is 1.72. The molecule has 0 aromatic heterocycles. The van der Waals surface area contributed by atoms with Gasteiger partial charge >= 0.3 is 0 Å². The highest BCUT2D eigenvalue weighted by Crippen LogP contribution is 2.14. The van der Waals surface area contributed by atoms with E-state index in [4.69, 9.17) is 12.2 Å². The smallest absolute Gasteiger partial charge is 0.182 e. The summed E-state index contributed by atoms with van der Waals surface area (Å²) in [6.07, 6.45) is 0. The van der Waals surface area contributed by atoms with Crippen LogP contribution in [0.5, 0.6) is 0 Å². The molecule has 108 valence electrons. The van der Waals surface area contributed by atoms with Gasteiger partial charge in [-0.05, 0) is 31.3 Å². The van der Waals surface area contributed by atoms with Gasteiger partial charge in [-0.1, -0.05) is 48.0 Å². The van der Waals surface area contributed by atoms with E-state index in [1.165, 1.54) is 16.0 Å². The molecule has 1 fully saturated rings. The Hall–Kier alpha value is -1.91. The van der Waals surface area contributed by atoms with Crippen molar-refractivity contribution in [3.05, 3.63) is 65.7 Å². The van der Waals surface area contributed by atoms with Gasteiger partial charge in [0.1, 0.15) is 6.54 Å². The van der Waals surface area contributed by atoms with E-state index >= 15 is 0 Å². The lowest BCUT2D eigenvalue weighted by Crippen LogP contribution is -3.16. The SMILES string of the molecule is Cc1ccc(N2C[NH+](Cc3ccccc3)CNC2=S)cc1. The second-order valence-corrected chi connectivity index (χ2v) is 5.88. The zero-order valence-electron chi connectivity index (χ0n) is 12.2. The van der Waals surface area contributed by atoms with Gasteiger partial charge in [0.25, 0.3) is 0 Å². The van der Waals surface area contributed by atoms with E-state index in [2.05, 4.69) is 71.7 Å². The fourth-order valence-corrected chi connectivity index (χ4v) is 2.83. The van der Waals surface area contributed by atoms with Crippen LogP contribution in [-0.2, 0) is 6.54 Å². The third-order valence-electron chi connectivity index (χ3n) is 3.76. The lowest BCUT2D eigenvalue weighted by molar-refractivity contribution is -0.916. The summed E-state index contributed by atoms with van der Waals surface area (Å²) in [7, 11) is 0. The summed E-state index contributed by atoms with van der Waals surface area (Å²) >= 11 is 5.46. The first-order valence-corrected chi connectivity index (χ1v) is 7.63. The molecule has 1 aliphatic heterocycles. The summed E-state index contributed by atoms with van der Waals surface area (Å²) in [5, 5.41) is 4.15. The van der Waals surface area contributed by atoms with Crippen LogP contribution in [0.1, 0.15) is 11.1 Å². The summed E-state index contributed by atoms with van der Waals surface area (Å²) < 4.78 is 0. The molecule has 0 spiro atoms. The first-order valence-electron chi connectivity index (χ1n) is 7.22. The number of aryl methyl sites for hydroxylation is 1. The van der Waals surface area contributed by atoms with Gasteiger partial charge in [0.15, 0.2) is 18.4 Å². The molecule has 3 rings (SSSR count). The van der Waals surface area contributed by atoms with Crippen LogP contribution in [0.3, 0.4) is 0 Å². The van der Waals surface area contributed by atoms with E-state index in [9.17, 15) is 0 Å². The van der Waals surface area contributed by atoms with Gasteiger partial charge in [0, 0.05) is 11.3 Å². The third kappa shape index (κ3) is 3.40. The average Bonchev–Trinajstić information content (AvgIpc) is 2.51. The number of benzene rings is 2. The van der Waals surface area contributed by atoms with Gasteiger partial charge < -0.3 is 5.32 Å². The summed E-state index contributed by atoms with van der Waals surface area (Å²) in [5.74, 6) is 0. The number of anilines is 1. The predicted octanol–water partition coefficient (Wildman–Crippen LogP) is 1.69. The summed E-state index contributed by atoms with van der Waals surface area (Å²) in [4.78, 5) is 3.63. The summed E-state index contributed by atoms with van der Waals surface area (Å²) in [6, 6.07) is 19.1. The predicted molar refractivity (Wildman–Crippen MR) is 90.2 cm³/mol. The quantitative estimate of drug-likeness (QED) is 0.842. The minimum Gasteiger partial charge on any atom is -0.315 e. The maximum absolute atomic E-state index is 5.46. The molecule has 0 aliphatic carbocycles. The number of hydrogen-bond acceptors (Lipinski definition) is 1. The van der Waals surface area contributed by atoms with Crippen LogP contribution in [0.15, 0.2) is 54.6 Å². The molecular formula is C17H20N3S+. The molecule has 1 aliphatic rings. The second-order valence-electron chi connectivity index (χ2n) is 5.49. The number of rotatable bonds is 3. The molecule has 3 nitrogen and oxygen atoms in total. The van der Waals surface area contributed by atoms with E-state index in [1.54, 1.807) is 0 Å². The van der Waals surface area contributed by atoms with Gasteiger partial charge in [-0.25, -0.2) is 0 Å². The molecule has 1 heterocycles. The van der Waals surface area contributed by atoms with Crippen molar-refractivity contribution in [3.63, 3.8) is 0 Å². The van der Waals surface area contributed by atoms with Crippen LogP contribution in [0.4, 0.5) is 5.69 Å². The zero-order valence-corrected chi connectivity index (χ0v) is 13.0. The monoisotopic (exact) mass is 298 g/mol. The van der Waals surface area contributed by atoms with Crippen molar-refractivity contribution in [2.75, 3.05) is 18.2 Å². The van der Waals surface area contributed by atoms with Crippen LogP contribution in [0.25, 0.3) is 0 Å². The van der Waals surface area contributed by atoms with Gasteiger partial charge in [0.2, 0.25) is 0 Å². The highest BCUT2D eigenvalue weighted by molar-refractivity contribution is 7.80. The molecule has 1 saturated heterocycles. The molecule has 0 bridgehead atoms. The topological polar surface area (TPSA) is 19.7 Å². The van der Waals surface area contributed by atoms with E-state index in [-0.39, 0.29) is 0 Å². The van der Waals surface area contributed by atoms with E-state index < -0.39 is 0 Å². The molecule has 4 heteroatoms. The van der Waals surface area contributed by atoms with Crippen molar-refractivity contribution < 1.29 is 4.90 Å². The Morgan fingerprint density at radius 1 is 1.10 bits per heavy atom. The number of quaternary nitrogens is 1. The molecule has 1 atom stereocenters. The van der Waals surface area contributed by atoms with Crippen molar-refractivity contribution >= 4 is 23.0 Å². The maximum atomic E-state index is 5.46. The Morgan fingerprint density at radius 3 is 2.52 bits per heavy atom. The molecule has 2 aromatic carbocycles. The van der Waals surface area contributed by atoms with Crippen LogP contribution in [-0.4, -0.2) is 18.4 Å². The molecule has 0 saturated carbocycles. The van der Waals surface area contributed by atoms with Crippen molar-refractivity contribution in [1.82, 2.24) is 5.32 Å². The first kappa shape index (κ1) is 14.0. The first-order chi connectivity index (χ1) is 10.2. The van der Waals surface area contributed by atoms with Crippen LogP contribution in [0.2, 0.25) is 0 Å². The van der Waals surface area contributed by atoms with E-state index in [0.717, 1.165) is 30.7 Å². The number of nitrogens with zero attached hydrogens (tertiary/aromatic N) is 1. The van der Waals surface area contributed by atoms with Crippen molar-refractivity contribution in [2.45, 2.75) is 13.5 Å². The van der Waals surface area contributed by atoms with Gasteiger partial charge in [0.05, 0.1) is 0 Å². The highest BCUT2D eigenvalue weighted by atomic mass is 32.1. The van der Waals surface area contributed by atoms with Crippen molar-refractivity contribution in [1.29, 1.82) is 0 Å². The standard InChI is InChI=1S/C17H19N3S/c1-14-7-9-16(10-8-14)20-13-19(12-18-17(20)21)11-15-5-3-2-4-6-15/h2-10H,11-13H2,1H3,(H,18,21)/p+1. The Labute approximate surface area is 131 Å². The minimum absolute atomic E-state index is 0.815. The second kappa shape index (κ2) is 6.24. The Kier molecular flexibility index (Phi) is 4.18. The number of thiocarbonyl (C=S) groups is 1. The van der Waals surface area contributed by atoms with Crippen LogP contribution < -0.4 is 15.1 Å². The fraction of sp³-hybridized carbons (Fsp3) is 0.235. The molecule has 2 aromatic rings. The van der Waals surface area contributed by atoms with Crippen molar-refractivity contribution in [3.8, 4) is 0 Å². The lowest BCUT2D eigenvalue weighted by atomic mass is 10.2. The van der Waals surface area contributed by atoms with Crippen LogP contribution in [0, 0.1) is 6.92 Å². The van der Waals surface area contributed by atoms with Gasteiger partial charge in [-0.3, -0.25) is 9.80 Å². The molecule has 0 radical (unpaired) electrons. The lowest BCUT2D eigenvalue weighted by Gasteiger charge is -2.35. The molecule has 21 heavy (non-hydrogen) atoms. The van der Waals surface area contributed by atoms with E-state index in [0.29, 0.717) is 0 Å². The zero-order chi connectivity index (χ0) is 14.7. The number of nitrogens with one attached hydrogen (secondary N) is 2. The normalized spacial score (nSPS) is 18.4. The molecule has 1 unspecified atom stereocenters. The third-order valence-corrected chi connectivity index (χ3v) is 4.12. The summed E-state index contributed by atoms with van der Waals surface area (Å²) in [5.41, 5.74) is 3.78. The molecule has 2 N–H and O–H groups in total. The van der Waals surface area contributed by atoms with Crippen molar-refractivity contribution in [2.24, 2.45) is 0 Å². The minimum atomic E-state index is 0.815. The van der Waals surface area contributed by atoms with Gasteiger partial charge in [-0.2, -0.15) is 0 Å². The Bertz CT molecular complexity index is 610. The average molecular weight is 298 g/mol. The fourth-order valence-electron chi connectivity index (χ4n) is 2.58. The van der Waals surface area contributed by atoms with E-state index in [1.807, 2.05) is 0 Å². The van der Waals surface area contributed by atoms with Gasteiger partial charge in [-0.15, -0.1) is 0 Å². The maximum Gasteiger partial charge on any atom is 0.182 e. The van der Waals surface area contributed by atoms with Crippen LogP contribution >= 0.6 is 12.2 Å². The molecular weight excluding hydrogens is 278 g/mol. The summed E-state index contributed by atoms with van der Waals surface area (Å²) in [6.45, 7) is 4.86.